The van der Waals surface area contributed by atoms with Crippen LogP contribution in [0.2, 0.25) is 0 Å². The molecule has 1 heterocycles. The van der Waals surface area contributed by atoms with Crippen molar-refractivity contribution in [3.63, 3.8) is 0 Å². The minimum atomic E-state index is -0.517. The molecule has 4 N–H and O–H groups in total. The molecular weight excluding hydrogens is 332 g/mol. The summed E-state index contributed by atoms with van der Waals surface area (Å²) >= 11 is 0. The van der Waals surface area contributed by atoms with Gasteiger partial charge in [-0.25, -0.2) is 4.98 Å². The van der Waals surface area contributed by atoms with E-state index >= 15 is 0 Å². The summed E-state index contributed by atoms with van der Waals surface area (Å²) in [6.45, 7) is 4.91. The van der Waals surface area contributed by atoms with Crippen LogP contribution in [0.4, 0.5) is 0 Å². The maximum Gasteiger partial charge on any atom is 0.184 e. The number of nitrogens with zero attached hydrogens (tertiary/aromatic N) is 2. The number of phenolic OH excluding ortho intramolecular Hbond substituents is 1. The van der Waals surface area contributed by atoms with Crippen molar-refractivity contribution >= 4 is 0 Å². The number of hydrogen-bond donors (Lipinski definition) is 3. The second kappa shape index (κ2) is 7.88. The van der Waals surface area contributed by atoms with Crippen molar-refractivity contribution in [2.75, 3.05) is 13.2 Å². The van der Waals surface area contributed by atoms with E-state index in [9.17, 15) is 5.11 Å². The highest BCUT2D eigenvalue weighted by Gasteiger charge is 2.18. The van der Waals surface area contributed by atoms with Gasteiger partial charge in [0.25, 0.3) is 0 Å². The lowest BCUT2D eigenvalue weighted by Gasteiger charge is -2.14. The van der Waals surface area contributed by atoms with Crippen LogP contribution in [0.5, 0.6) is 17.2 Å². The van der Waals surface area contributed by atoms with E-state index in [1.54, 1.807) is 18.2 Å². The fourth-order valence-electron chi connectivity index (χ4n) is 2.62. The molecule has 0 aliphatic rings. The summed E-state index contributed by atoms with van der Waals surface area (Å²) in [5, 5.41) is 17.0. The molecule has 1 aromatic heterocycles. The van der Waals surface area contributed by atoms with Crippen molar-refractivity contribution in [3.8, 4) is 28.6 Å². The van der Waals surface area contributed by atoms with Crippen LogP contribution in [0.25, 0.3) is 11.4 Å². The summed E-state index contributed by atoms with van der Waals surface area (Å²) in [5.74, 6) is 2.33. The van der Waals surface area contributed by atoms with Gasteiger partial charge in [0.15, 0.2) is 17.3 Å². The number of H-pyrrole nitrogens is 1. The van der Waals surface area contributed by atoms with Gasteiger partial charge in [-0.1, -0.05) is 18.2 Å². The number of hydrogen-bond acceptors (Lipinski definition) is 6. The van der Waals surface area contributed by atoms with Gasteiger partial charge in [0, 0.05) is 0 Å². The third-order valence-corrected chi connectivity index (χ3v) is 3.87. The Morgan fingerprint density at radius 2 is 1.81 bits per heavy atom. The van der Waals surface area contributed by atoms with Gasteiger partial charge in [-0.15, -0.1) is 0 Å². The predicted octanol–water partition coefficient (Wildman–Crippen LogP) is 3.02. The quantitative estimate of drug-likeness (QED) is 0.602. The second-order valence-corrected chi connectivity index (χ2v) is 5.61. The lowest BCUT2D eigenvalue weighted by Crippen LogP contribution is -2.14. The van der Waals surface area contributed by atoms with E-state index < -0.39 is 6.04 Å². The largest absolute Gasteiger partial charge is 0.507 e. The number of aromatic nitrogens is 3. The molecule has 7 heteroatoms. The molecule has 2 aromatic carbocycles. The molecule has 0 spiro atoms. The Balaban J connectivity index is 1.89. The number of nitrogens with one attached hydrogen (secondary N) is 1. The standard InChI is InChI=1S/C19H22N4O3/c1-3-25-15-10-9-12(11-16(15)26-4-2)17(20)19-21-18(22-23-19)13-7-5-6-8-14(13)24/h5-11,17,24H,3-4,20H2,1-2H3,(H,21,22,23)/t17-/m0/s1. The van der Waals surface area contributed by atoms with Crippen LogP contribution >= 0.6 is 0 Å². The summed E-state index contributed by atoms with van der Waals surface area (Å²) in [6.07, 6.45) is 0. The molecule has 0 bridgehead atoms. The molecular formula is C19H22N4O3. The maximum absolute atomic E-state index is 9.95. The molecule has 136 valence electrons. The van der Waals surface area contributed by atoms with Crippen molar-refractivity contribution in [2.45, 2.75) is 19.9 Å². The Kier molecular flexibility index (Phi) is 5.38. The molecule has 0 aliphatic heterocycles. The van der Waals surface area contributed by atoms with E-state index in [0.29, 0.717) is 41.9 Å². The Morgan fingerprint density at radius 1 is 1.08 bits per heavy atom. The van der Waals surface area contributed by atoms with E-state index in [4.69, 9.17) is 15.2 Å². The zero-order chi connectivity index (χ0) is 18.5. The smallest absolute Gasteiger partial charge is 0.184 e. The Bertz CT molecular complexity index is 879. The van der Waals surface area contributed by atoms with Gasteiger partial charge in [-0.3, -0.25) is 5.10 Å². The SMILES string of the molecule is CCOc1ccc([C@H](N)c2nc(-c3ccccc3O)n[nH]2)cc1OCC. The van der Waals surface area contributed by atoms with Crippen LogP contribution in [0.15, 0.2) is 42.5 Å². The highest BCUT2D eigenvalue weighted by Crippen LogP contribution is 2.32. The number of ether oxygens (including phenoxy) is 2. The fraction of sp³-hybridized carbons (Fsp3) is 0.263. The molecule has 26 heavy (non-hydrogen) atoms. The molecule has 0 radical (unpaired) electrons. The van der Waals surface area contributed by atoms with Gasteiger partial charge in [0.1, 0.15) is 11.6 Å². The topological polar surface area (TPSA) is 106 Å². The number of phenols is 1. The number of aromatic amines is 1. The second-order valence-electron chi connectivity index (χ2n) is 5.61. The van der Waals surface area contributed by atoms with E-state index in [1.807, 2.05) is 38.1 Å². The Labute approximate surface area is 151 Å². The van der Waals surface area contributed by atoms with Gasteiger partial charge in [0.2, 0.25) is 0 Å². The molecule has 0 saturated heterocycles. The molecule has 0 unspecified atom stereocenters. The normalized spacial score (nSPS) is 12.0. The van der Waals surface area contributed by atoms with Crippen LogP contribution < -0.4 is 15.2 Å². The molecule has 3 rings (SSSR count). The fourth-order valence-corrected chi connectivity index (χ4v) is 2.62. The van der Waals surface area contributed by atoms with Crippen molar-refractivity contribution in [2.24, 2.45) is 5.73 Å². The first-order valence-corrected chi connectivity index (χ1v) is 8.49. The van der Waals surface area contributed by atoms with E-state index in [2.05, 4.69) is 15.2 Å². The van der Waals surface area contributed by atoms with Crippen molar-refractivity contribution in [1.82, 2.24) is 15.2 Å². The maximum atomic E-state index is 9.95. The van der Waals surface area contributed by atoms with E-state index in [0.717, 1.165) is 5.56 Å². The summed E-state index contributed by atoms with van der Waals surface area (Å²) in [4.78, 5) is 4.43. The number of rotatable bonds is 7. The summed E-state index contributed by atoms with van der Waals surface area (Å²) in [5.41, 5.74) is 7.70. The number of nitrogens with two attached hydrogens (primary N) is 1. The van der Waals surface area contributed by atoms with Crippen molar-refractivity contribution in [3.05, 3.63) is 53.9 Å². The van der Waals surface area contributed by atoms with Crippen LogP contribution in [0.1, 0.15) is 31.3 Å². The predicted molar refractivity (Wildman–Crippen MR) is 98.3 cm³/mol. The zero-order valence-corrected chi connectivity index (χ0v) is 14.8. The molecule has 7 nitrogen and oxygen atoms in total. The van der Waals surface area contributed by atoms with Gasteiger partial charge in [0.05, 0.1) is 24.8 Å². The lowest BCUT2D eigenvalue weighted by atomic mass is 10.1. The molecule has 0 amide bonds. The third kappa shape index (κ3) is 3.62. The number of aromatic hydroxyl groups is 1. The molecule has 1 atom stereocenters. The molecule has 0 saturated carbocycles. The van der Waals surface area contributed by atoms with Crippen LogP contribution in [0, 0.1) is 0 Å². The first kappa shape index (κ1) is 17.8. The highest BCUT2D eigenvalue weighted by molar-refractivity contribution is 5.63. The molecule has 0 aliphatic carbocycles. The lowest BCUT2D eigenvalue weighted by molar-refractivity contribution is 0.287. The number of para-hydroxylation sites is 1. The van der Waals surface area contributed by atoms with Crippen molar-refractivity contribution < 1.29 is 14.6 Å². The highest BCUT2D eigenvalue weighted by atomic mass is 16.5. The van der Waals surface area contributed by atoms with Crippen LogP contribution in [-0.4, -0.2) is 33.5 Å². The van der Waals surface area contributed by atoms with E-state index in [1.165, 1.54) is 0 Å². The molecule has 0 fully saturated rings. The minimum absolute atomic E-state index is 0.117. The summed E-state index contributed by atoms with van der Waals surface area (Å²) in [6, 6.07) is 11.9. The van der Waals surface area contributed by atoms with E-state index in [-0.39, 0.29) is 5.75 Å². The first-order chi connectivity index (χ1) is 12.6. The van der Waals surface area contributed by atoms with Crippen LogP contribution in [0.3, 0.4) is 0 Å². The molecule has 3 aromatic rings. The minimum Gasteiger partial charge on any atom is -0.507 e. The zero-order valence-electron chi connectivity index (χ0n) is 14.8. The average Bonchev–Trinajstić information content (AvgIpc) is 3.13. The summed E-state index contributed by atoms with van der Waals surface area (Å²) in [7, 11) is 0. The Hall–Kier alpha value is -3.06. The monoisotopic (exact) mass is 354 g/mol. The van der Waals surface area contributed by atoms with Crippen molar-refractivity contribution in [1.29, 1.82) is 0 Å². The van der Waals surface area contributed by atoms with Gasteiger partial charge in [-0.2, -0.15) is 5.10 Å². The Morgan fingerprint density at radius 3 is 2.54 bits per heavy atom. The third-order valence-electron chi connectivity index (χ3n) is 3.87. The average molecular weight is 354 g/mol. The number of benzene rings is 2. The van der Waals surface area contributed by atoms with Gasteiger partial charge < -0.3 is 20.3 Å². The van der Waals surface area contributed by atoms with Crippen LogP contribution in [-0.2, 0) is 0 Å². The summed E-state index contributed by atoms with van der Waals surface area (Å²) < 4.78 is 11.2. The van der Waals surface area contributed by atoms with Gasteiger partial charge >= 0.3 is 0 Å². The van der Waals surface area contributed by atoms with Gasteiger partial charge in [-0.05, 0) is 43.7 Å². The first-order valence-electron chi connectivity index (χ1n) is 8.49.